The fraction of sp³-hybridized carbons (Fsp3) is 0.125. The summed E-state index contributed by atoms with van der Waals surface area (Å²) >= 11 is 1.33. The molecule has 0 fully saturated rings. The SMILES string of the molecule is O=C(O)C1N=C(c2cccs2)N(Cc2ccccc2)C(=O)C1=O. The highest BCUT2D eigenvalue weighted by Gasteiger charge is 2.41. The van der Waals surface area contributed by atoms with Crippen LogP contribution in [0.15, 0.2) is 52.8 Å². The van der Waals surface area contributed by atoms with Crippen molar-refractivity contribution >= 4 is 34.8 Å². The van der Waals surface area contributed by atoms with Crippen LogP contribution in [0.4, 0.5) is 0 Å². The Balaban J connectivity index is 2.04. The molecule has 6 nitrogen and oxygen atoms in total. The summed E-state index contributed by atoms with van der Waals surface area (Å²) in [5.74, 6) is -3.06. The molecule has 1 aliphatic rings. The maximum Gasteiger partial charge on any atom is 0.336 e. The van der Waals surface area contributed by atoms with E-state index < -0.39 is 23.7 Å². The number of amides is 1. The van der Waals surface area contributed by atoms with Crippen molar-refractivity contribution in [2.45, 2.75) is 12.6 Å². The van der Waals surface area contributed by atoms with E-state index >= 15 is 0 Å². The minimum Gasteiger partial charge on any atom is -0.479 e. The van der Waals surface area contributed by atoms with Crippen LogP contribution in [0.2, 0.25) is 0 Å². The fourth-order valence-corrected chi connectivity index (χ4v) is 3.01. The number of carbonyl (C=O) groups is 3. The molecular formula is C16H12N2O4S. The number of nitrogens with zero attached hydrogens (tertiary/aromatic N) is 2. The molecule has 1 aliphatic heterocycles. The molecule has 0 saturated carbocycles. The lowest BCUT2D eigenvalue weighted by molar-refractivity contribution is -0.150. The Hall–Kier alpha value is -2.80. The standard InChI is InChI=1S/C16H12N2O4S/c19-13-12(16(21)22)17-14(11-7-4-8-23-11)18(15(13)20)9-10-5-2-1-3-6-10/h1-8,12H,9H2,(H,21,22). The molecule has 2 aromatic rings. The molecule has 1 amide bonds. The molecule has 7 heteroatoms. The zero-order chi connectivity index (χ0) is 16.4. The summed E-state index contributed by atoms with van der Waals surface area (Å²) < 4.78 is 0. The van der Waals surface area contributed by atoms with Gasteiger partial charge >= 0.3 is 5.97 Å². The van der Waals surface area contributed by atoms with Crippen molar-refractivity contribution in [2.24, 2.45) is 4.99 Å². The maximum atomic E-state index is 12.4. The molecule has 0 aliphatic carbocycles. The molecule has 0 bridgehead atoms. The Morgan fingerprint density at radius 3 is 2.52 bits per heavy atom. The van der Waals surface area contributed by atoms with Gasteiger partial charge in [0, 0.05) is 0 Å². The third kappa shape index (κ3) is 2.91. The van der Waals surface area contributed by atoms with Crippen LogP contribution in [0.25, 0.3) is 0 Å². The number of aliphatic carboxylic acids is 1. The zero-order valence-corrected chi connectivity index (χ0v) is 12.7. The summed E-state index contributed by atoms with van der Waals surface area (Å²) in [5, 5.41) is 10.9. The molecule has 116 valence electrons. The van der Waals surface area contributed by atoms with Gasteiger partial charge in [0.2, 0.25) is 6.04 Å². The number of rotatable bonds is 4. The summed E-state index contributed by atoms with van der Waals surface area (Å²) in [6.07, 6.45) is 0. The molecule has 0 radical (unpaired) electrons. The average molecular weight is 328 g/mol. The van der Waals surface area contributed by atoms with E-state index in [1.165, 1.54) is 16.2 Å². The van der Waals surface area contributed by atoms with Crippen molar-refractivity contribution < 1.29 is 19.5 Å². The van der Waals surface area contributed by atoms with Crippen molar-refractivity contribution in [1.29, 1.82) is 0 Å². The summed E-state index contributed by atoms with van der Waals surface area (Å²) in [6, 6.07) is 11.0. The largest absolute Gasteiger partial charge is 0.479 e. The van der Waals surface area contributed by atoms with Gasteiger partial charge in [-0.1, -0.05) is 36.4 Å². The van der Waals surface area contributed by atoms with Crippen molar-refractivity contribution in [3.05, 3.63) is 58.3 Å². The summed E-state index contributed by atoms with van der Waals surface area (Å²) in [5.41, 5.74) is 0.826. The topological polar surface area (TPSA) is 87.0 Å². The monoisotopic (exact) mass is 328 g/mol. The smallest absolute Gasteiger partial charge is 0.336 e. The number of amidine groups is 1. The van der Waals surface area contributed by atoms with Crippen LogP contribution < -0.4 is 0 Å². The van der Waals surface area contributed by atoms with Gasteiger partial charge in [-0.25, -0.2) is 9.79 Å². The Kier molecular flexibility index (Phi) is 4.03. The van der Waals surface area contributed by atoms with Crippen LogP contribution in [0, 0.1) is 0 Å². The Morgan fingerprint density at radius 1 is 1.17 bits per heavy atom. The number of hydrogen-bond acceptors (Lipinski definition) is 5. The maximum absolute atomic E-state index is 12.4. The first-order valence-electron chi connectivity index (χ1n) is 6.82. The van der Waals surface area contributed by atoms with Gasteiger partial charge in [0.1, 0.15) is 5.84 Å². The lowest BCUT2D eigenvalue weighted by atomic mass is 10.1. The van der Waals surface area contributed by atoms with E-state index in [-0.39, 0.29) is 12.4 Å². The second-order valence-corrected chi connectivity index (χ2v) is 5.86. The number of carboxylic acid groups (broad SMARTS) is 1. The van der Waals surface area contributed by atoms with Crippen LogP contribution in [0.3, 0.4) is 0 Å². The van der Waals surface area contributed by atoms with Gasteiger partial charge < -0.3 is 5.11 Å². The van der Waals surface area contributed by atoms with E-state index in [2.05, 4.69) is 4.99 Å². The number of hydrogen-bond donors (Lipinski definition) is 1. The minimum atomic E-state index is -1.67. The third-order valence-corrected chi connectivity index (χ3v) is 4.24. The van der Waals surface area contributed by atoms with E-state index in [1.807, 2.05) is 30.3 Å². The van der Waals surface area contributed by atoms with Crippen molar-refractivity contribution in [2.75, 3.05) is 0 Å². The molecule has 0 saturated heterocycles. The summed E-state index contributed by atoms with van der Waals surface area (Å²) in [4.78, 5) is 41.5. The zero-order valence-electron chi connectivity index (χ0n) is 11.9. The van der Waals surface area contributed by atoms with Gasteiger partial charge in [-0.05, 0) is 17.0 Å². The number of carbonyl (C=O) groups excluding carboxylic acids is 2. The number of thiophene rings is 1. The first-order valence-corrected chi connectivity index (χ1v) is 7.70. The molecule has 1 N–H and O–H groups in total. The molecule has 2 heterocycles. The van der Waals surface area contributed by atoms with Gasteiger partial charge in [-0.2, -0.15) is 0 Å². The highest BCUT2D eigenvalue weighted by Crippen LogP contribution is 2.21. The van der Waals surface area contributed by atoms with Crippen LogP contribution in [-0.4, -0.2) is 39.5 Å². The normalized spacial score (nSPS) is 18.0. The van der Waals surface area contributed by atoms with Gasteiger partial charge in [0.05, 0.1) is 11.4 Å². The van der Waals surface area contributed by atoms with Gasteiger partial charge in [-0.15, -0.1) is 11.3 Å². The van der Waals surface area contributed by atoms with E-state index in [1.54, 1.807) is 17.5 Å². The molecule has 1 aromatic carbocycles. The first-order chi connectivity index (χ1) is 11.1. The van der Waals surface area contributed by atoms with Crippen LogP contribution in [0.1, 0.15) is 10.4 Å². The highest BCUT2D eigenvalue weighted by molar-refractivity contribution is 7.12. The van der Waals surface area contributed by atoms with Crippen molar-refractivity contribution in [1.82, 2.24) is 4.90 Å². The van der Waals surface area contributed by atoms with E-state index in [0.717, 1.165) is 5.56 Å². The number of benzene rings is 1. The average Bonchev–Trinajstić information content (AvgIpc) is 3.07. The third-order valence-electron chi connectivity index (χ3n) is 3.37. The highest BCUT2D eigenvalue weighted by atomic mass is 32.1. The molecule has 3 rings (SSSR count). The summed E-state index contributed by atoms with van der Waals surface area (Å²) in [7, 11) is 0. The van der Waals surface area contributed by atoms with Gasteiger partial charge in [-0.3, -0.25) is 14.5 Å². The van der Waals surface area contributed by atoms with Crippen molar-refractivity contribution in [3.8, 4) is 0 Å². The second-order valence-electron chi connectivity index (χ2n) is 4.91. The number of ketones is 1. The van der Waals surface area contributed by atoms with E-state index in [9.17, 15) is 14.4 Å². The Bertz CT molecular complexity index is 784. The predicted octanol–water partition coefficient (Wildman–Crippen LogP) is 1.56. The van der Waals surface area contributed by atoms with Crippen molar-refractivity contribution in [3.63, 3.8) is 0 Å². The first kappa shape index (κ1) is 15.1. The lowest BCUT2D eigenvalue weighted by Gasteiger charge is -2.28. The van der Waals surface area contributed by atoms with Crippen LogP contribution in [0.5, 0.6) is 0 Å². The Morgan fingerprint density at radius 2 is 1.91 bits per heavy atom. The van der Waals surface area contributed by atoms with Crippen LogP contribution in [-0.2, 0) is 20.9 Å². The molecular weight excluding hydrogens is 316 g/mol. The lowest BCUT2D eigenvalue weighted by Crippen LogP contribution is -2.51. The number of carboxylic acids is 1. The second kappa shape index (κ2) is 6.13. The summed E-state index contributed by atoms with van der Waals surface area (Å²) in [6.45, 7) is 0.161. The quantitative estimate of drug-likeness (QED) is 0.681. The van der Waals surface area contributed by atoms with E-state index in [0.29, 0.717) is 4.88 Å². The Labute approximate surface area is 135 Å². The van der Waals surface area contributed by atoms with Crippen LogP contribution >= 0.6 is 11.3 Å². The van der Waals surface area contributed by atoms with Gasteiger partial charge in [0.15, 0.2) is 0 Å². The molecule has 1 unspecified atom stereocenters. The predicted molar refractivity (Wildman–Crippen MR) is 84.3 cm³/mol. The van der Waals surface area contributed by atoms with E-state index in [4.69, 9.17) is 5.11 Å². The molecule has 23 heavy (non-hydrogen) atoms. The fourth-order valence-electron chi connectivity index (χ4n) is 2.28. The minimum absolute atomic E-state index is 0.161. The molecule has 1 aromatic heterocycles. The molecule has 1 atom stereocenters. The molecule has 0 spiro atoms. The van der Waals surface area contributed by atoms with Gasteiger partial charge in [0.25, 0.3) is 11.7 Å². The number of aliphatic imine (C=N–C) groups is 1. The number of Topliss-reactive ketones (excluding diaryl/α,β-unsaturated/α-hetero) is 1.